The first-order chi connectivity index (χ1) is 12.5. The molecule has 0 radical (unpaired) electrons. The van der Waals surface area contributed by atoms with Crippen molar-refractivity contribution >= 4 is 56.6 Å². The molecule has 0 bridgehead atoms. The molecule has 0 aliphatic carbocycles. The van der Waals surface area contributed by atoms with Crippen LogP contribution in [0.25, 0.3) is 22.4 Å². The maximum atomic E-state index is 12.2. The molecule has 2 aromatic heterocycles. The summed E-state index contributed by atoms with van der Waals surface area (Å²) in [5.41, 5.74) is 1.19. The quantitative estimate of drug-likeness (QED) is 0.450. The van der Waals surface area contributed by atoms with Gasteiger partial charge >= 0.3 is 0 Å². The van der Waals surface area contributed by atoms with Gasteiger partial charge in [0, 0.05) is 6.08 Å². The van der Waals surface area contributed by atoms with Crippen LogP contribution in [0.5, 0.6) is 11.5 Å². The summed E-state index contributed by atoms with van der Waals surface area (Å²) >= 11 is 8.67. The third-order valence-electron chi connectivity index (χ3n) is 3.61. The number of nitrogens with zero attached hydrogens (tertiary/aromatic N) is 1. The van der Waals surface area contributed by atoms with Gasteiger partial charge < -0.3 is 15.2 Å². The minimum atomic E-state index is -0.381. The zero-order chi connectivity index (χ0) is 18.3. The predicted octanol–water partition coefficient (Wildman–Crippen LogP) is 2.77. The van der Waals surface area contributed by atoms with Crippen molar-refractivity contribution in [2.24, 2.45) is 0 Å². The van der Waals surface area contributed by atoms with Crippen LogP contribution in [0.1, 0.15) is 10.6 Å². The van der Waals surface area contributed by atoms with Gasteiger partial charge in [-0.2, -0.15) is 0 Å². The van der Waals surface area contributed by atoms with Crippen molar-refractivity contribution in [3.05, 3.63) is 71.5 Å². The second-order valence-corrected chi connectivity index (χ2v) is 8.02. The van der Waals surface area contributed by atoms with Gasteiger partial charge in [0.2, 0.25) is 0 Å². The second kappa shape index (κ2) is 6.60. The van der Waals surface area contributed by atoms with Crippen LogP contribution in [0.15, 0.2) is 41.2 Å². The molecule has 26 heavy (non-hydrogen) atoms. The number of hydrogen-bond donors (Lipinski definition) is 3. The van der Waals surface area contributed by atoms with E-state index in [1.165, 1.54) is 23.5 Å². The summed E-state index contributed by atoms with van der Waals surface area (Å²) in [6, 6.07) is 10.7. The maximum Gasteiger partial charge on any atom is 0.266 e. The number of nitrogens with one attached hydrogen (secondary N) is 1. The monoisotopic (exact) mass is 402 g/mol. The molecular weight excluding hydrogens is 392 g/mol. The fourth-order valence-corrected chi connectivity index (χ4v) is 4.53. The number of H-pyrrole nitrogens is 1. The summed E-state index contributed by atoms with van der Waals surface area (Å²) in [4.78, 5) is 19.5. The number of aromatic amines is 1. The summed E-state index contributed by atoms with van der Waals surface area (Å²) in [5.74, 6) is -0.716. The Bertz CT molecular complexity index is 1250. The van der Waals surface area contributed by atoms with E-state index in [9.17, 15) is 15.0 Å². The van der Waals surface area contributed by atoms with Gasteiger partial charge in [-0.25, -0.2) is 4.98 Å². The molecule has 3 N–H and O–H groups in total. The van der Waals surface area contributed by atoms with E-state index in [0.29, 0.717) is 14.8 Å². The van der Waals surface area contributed by atoms with Crippen LogP contribution in [-0.4, -0.2) is 20.2 Å². The molecule has 0 fully saturated rings. The van der Waals surface area contributed by atoms with E-state index in [0.717, 1.165) is 15.2 Å². The average Bonchev–Trinajstić information content (AvgIpc) is 3.15. The molecule has 2 heterocycles. The number of aromatic hydroxyl groups is 2. The van der Waals surface area contributed by atoms with Crippen LogP contribution in [0.3, 0.4) is 0 Å². The fourth-order valence-electron chi connectivity index (χ4n) is 2.43. The number of para-hydroxylation sites is 1. The van der Waals surface area contributed by atoms with Gasteiger partial charge in [0.15, 0.2) is 11.5 Å². The van der Waals surface area contributed by atoms with E-state index in [1.54, 1.807) is 17.4 Å². The van der Waals surface area contributed by atoms with Crippen molar-refractivity contribution in [1.82, 2.24) is 9.97 Å². The smallest absolute Gasteiger partial charge is 0.266 e. The molecule has 0 spiro atoms. The lowest BCUT2D eigenvalue weighted by Crippen LogP contribution is -2.19. The zero-order valence-electron chi connectivity index (χ0n) is 13.1. The molecule has 2 aromatic carbocycles. The number of fused-ring (bicyclic) bond motifs is 1. The first-order valence-corrected chi connectivity index (χ1v) is 9.50. The highest BCUT2D eigenvalue weighted by molar-refractivity contribution is 7.19. The summed E-state index contributed by atoms with van der Waals surface area (Å²) in [5, 5.41) is 20.0. The highest BCUT2D eigenvalue weighted by atomic mass is 35.5. The molecule has 5 nitrogen and oxygen atoms in total. The number of phenolic OH excluding ortho intramolecular Hbond substituents is 2. The second-order valence-electron chi connectivity index (χ2n) is 5.46. The Balaban J connectivity index is 1.79. The number of phenols is 2. The van der Waals surface area contributed by atoms with Crippen LogP contribution in [0, 0.1) is 0 Å². The Kier molecular flexibility index (Phi) is 4.28. The topological polar surface area (TPSA) is 86.2 Å². The fraction of sp³-hybridized carbons (Fsp3) is 0. The average molecular weight is 403 g/mol. The number of halogens is 1. The zero-order valence-corrected chi connectivity index (χ0v) is 15.5. The number of thiazole rings is 2. The van der Waals surface area contributed by atoms with Gasteiger partial charge in [0.1, 0.15) is 5.01 Å². The van der Waals surface area contributed by atoms with Crippen LogP contribution in [-0.2, 0) is 0 Å². The van der Waals surface area contributed by atoms with E-state index in [1.807, 2.05) is 30.3 Å². The lowest BCUT2D eigenvalue weighted by Gasteiger charge is -2.01. The third-order valence-corrected chi connectivity index (χ3v) is 5.84. The number of rotatable bonds is 2. The van der Waals surface area contributed by atoms with E-state index in [4.69, 9.17) is 11.6 Å². The Morgan fingerprint density at radius 3 is 2.69 bits per heavy atom. The van der Waals surface area contributed by atoms with Crippen molar-refractivity contribution in [3.63, 3.8) is 0 Å². The van der Waals surface area contributed by atoms with Crippen molar-refractivity contribution in [2.45, 2.75) is 0 Å². The molecule has 0 aliphatic rings. The van der Waals surface area contributed by atoms with Crippen molar-refractivity contribution in [1.29, 1.82) is 0 Å². The lowest BCUT2D eigenvalue weighted by atomic mass is 10.2. The van der Waals surface area contributed by atoms with Crippen molar-refractivity contribution < 1.29 is 10.2 Å². The summed E-state index contributed by atoms with van der Waals surface area (Å²) in [7, 11) is 0. The SMILES string of the molecule is O=c1[nH]/c(=C\c2nc3ccccc3s2)s/c1=C\c1cc(O)c(O)c(Cl)c1. The summed E-state index contributed by atoms with van der Waals surface area (Å²) in [6.45, 7) is 0. The number of benzene rings is 2. The molecule has 0 saturated carbocycles. The van der Waals surface area contributed by atoms with Crippen molar-refractivity contribution in [2.75, 3.05) is 0 Å². The van der Waals surface area contributed by atoms with Crippen LogP contribution in [0.4, 0.5) is 0 Å². The minimum absolute atomic E-state index is 0.0190. The number of aromatic nitrogens is 2. The Morgan fingerprint density at radius 2 is 1.92 bits per heavy atom. The molecular formula is C18H11ClN2O3S2. The molecule has 0 aliphatic heterocycles. The van der Waals surface area contributed by atoms with Gasteiger partial charge in [-0.1, -0.05) is 23.7 Å². The summed E-state index contributed by atoms with van der Waals surface area (Å²) < 4.78 is 2.21. The van der Waals surface area contributed by atoms with Gasteiger partial charge in [0.05, 0.1) is 24.4 Å². The molecule has 0 unspecified atom stereocenters. The first kappa shape index (κ1) is 16.8. The summed E-state index contributed by atoms with van der Waals surface area (Å²) in [6.07, 6.45) is 3.43. The van der Waals surface area contributed by atoms with E-state index in [2.05, 4.69) is 9.97 Å². The predicted molar refractivity (Wildman–Crippen MR) is 106 cm³/mol. The number of hydrogen-bond acceptors (Lipinski definition) is 6. The van der Waals surface area contributed by atoms with Gasteiger partial charge in [0.25, 0.3) is 5.56 Å². The van der Waals surface area contributed by atoms with Crippen molar-refractivity contribution in [3.8, 4) is 11.5 Å². The van der Waals surface area contributed by atoms with Crippen LogP contribution >= 0.6 is 34.3 Å². The molecule has 0 saturated heterocycles. The highest BCUT2D eigenvalue weighted by Gasteiger charge is 2.07. The van der Waals surface area contributed by atoms with E-state index in [-0.39, 0.29) is 22.1 Å². The Labute approximate surface area is 159 Å². The molecule has 4 aromatic rings. The molecule has 8 heteroatoms. The standard InChI is InChI=1S/C18H11ClN2O3S2/c19-10-5-9(6-12(22)17(10)23)7-14-18(24)21-16(26-14)8-15-20-11-3-1-2-4-13(11)25-15/h1-8,22-23H,(H,21,24)/b14-7-,16-8+. The highest BCUT2D eigenvalue weighted by Crippen LogP contribution is 2.34. The van der Waals surface area contributed by atoms with E-state index >= 15 is 0 Å². The Hall–Kier alpha value is -2.61. The molecule has 4 rings (SSSR count). The van der Waals surface area contributed by atoms with Crippen LogP contribution < -0.4 is 14.8 Å². The van der Waals surface area contributed by atoms with E-state index < -0.39 is 0 Å². The molecule has 130 valence electrons. The molecule has 0 atom stereocenters. The first-order valence-electron chi connectivity index (χ1n) is 7.49. The minimum Gasteiger partial charge on any atom is -0.504 e. The maximum absolute atomic E-state index is 12.2. The van der Waals surface area contributed by atoms with Gasteiger partial charge in [-0.3, -0.25) is 4.79 Å². The third kappa shape index (κ3) is 3.24. The van der Waals surface area contributed by atoms with Gasteiger partial charge in [-0.05, 0) is 35.9 Å². The van der Waals surface area contributed by atoms with Gasteiger partial charge in [-0.15, -0.1) is 22.7 Å². The normalized spacial score (nSPS) is 13.0. The molecule has 0 amide bonds. The van der Waals surface area contributed by atoms with Crippen LogP contribution in [0.2, 0.25) is 5.02 Å². The Morgan fingerprint density at radius 1 is 1.12 bits per heavy atom. The largest absolute Gasteiger partial charge is 0.504 e. The lowest BCUT2D eigenvalue weighted by molar-refractivity contribution is 0.404.